The van der Waals surface area contributed by atoms with Gasteiger partial charge in [-0.1, -0.05) is 56.3 Å². The minimum absolute atomic E-state index is 0.0366. The highest BCUT2D eigenvalue weighted by atomic mass is 32.1. The van der Waals surface area contributed by atoms with E-state index in [1.165, 1.54) is 4.88 Å². The molecule has 2 heterocycles. The van der Waals surface area contributed by atoms with Crippen molar-refractivity contribution >= 4 is 40.2 Å². The zero-order valence-electron chi connectivity index (χ0n) is 28.8. The molecule has 6 aliphatic rings. The molecule has 3 aromatic rings. The molecule has 0 aliphatic heterocycles. The van der Waals surface area contributed by atoms with Crippen molar-refractivity contribution in [3.63, 3.8) is 0 Å². The number of para-hydroxylation sites is 1. The number of urea groups is 1. The number of amides is 2. The number of hydrogen-bond donors (Lipinski definition) is 3. The first-order chi connectivity index (χ1) is 23.4. The SMILES string of the molecule is Cc1ccc(C(=O)C2=CC34C=CC25C(CCC2(C)C5CCC2(O)CN(CCc2cccs2)C(=O)Nc2ccccc2)C3(C)CCC(O)C4)s1. The minimum atomic E-state index is -1.13. The van der Waals surface area contributed by atoms with Crippen LogP contribution in [0.15, 0.2) is 83.8 Å². The number of nitrogens with zero attached hydrogens (tertiary/aromatic N) is 1. The lowest BCUT2D eigenvalue weighted by Crippen LogP contribution is -2.67. The summed E-state index contributed by atoms with van der Waals surface area (Å²) in [4.78, 5) is 33.6. The maximum atomic E-state index is 14.7. The number of Topliss-reactive ketones (excluding diaryl/α,β-unsaturated/α-hetero) is 1. The summed E-state index contributed by atoms with van der Waals surface area (Å²) in [5.74, 6) is 0.377. The van der Waals surface area contributed by atoms with E-state index in [1.54, 1.807) is 22.7 Å². The van der Waals surface area contributed by atoms with Crippen LogP contribution in [0.3, 0.4) is 0 Å². The second-order valence-electron chi connectivity index (χ2n) is 16.1. The van der Waals surface area contributed by atoms with Gasteiger partial charge in [-0.3, -0.25) is 4.79 Å². The Morgan fingerprint density at radius 1 is 0.939 bits per heavy atom. The summed E-state index contributed by atoms with van der Waals surface area (Å²) in [5, 5.41) is 29.1. The third-order valence-electron chi connectivity index (χ3n) is 13.9. The second-order valence-corrected chi connectivity index (χ2v) is 18.4. The number of carbonyl (C=O) groups is 2. The summed E-state index contributed by atoms with van der Waals surface area (Å²) < 4.78 is 0. The van der Waals surface area contributed by atoms with Crippen LogP contribution in [0.2, 0.25) is 0 Å². The number of nitrogens with one attached hydrogen (secondary N) is 1. The van der Waals surface area contributed by atoms with Crippen molar-refractivity contribution < 1.29 is 19.8 Å². The quantitative estimate of drug-likeness (QED) is 0.163. The zero-order chi connectivity index (χ0) is 34.2. The molecule has 3 saturated carbocycles. The van der Waals surface area contributed by atoms with E-state index in [0.717, 1.165) is 59.5 Å². The summed E-state index contributed by atoms with van der Waals surface area (Å²) in [5.41, 5.74) is -0.987. The Labute approximate surface area is 297 Å². The maximum Gasteiger partial charge on any atom is 0.321 e. The van der Waals surface area contributed by atoms with E-state index in [4.69, 9.17) is 0 Å². The smallest absolute Gasteiger partial charge is 0.321 e. The van der Waals surface area contributed by atoms with Gasteiger partial charge in [0.15, 0.2) is 5.78 Å². The van der Waals surface area contributed by atoms with Crippen molar-refractivity contribution in [2.75, 3.05) is 18.4 Å². The number of aliphatic hydroxyl groups is 2. The van der Waals surface area contributed by atoms with Crippen molar-refractivity contribution in [3.8, 4) is 0 Å². The molecule has 9 rings (SSSR count). The maximum absolute atomic E-state index is 14.7. The molecule has 2 bridgehead atoms. The largest absolute Gasteiger partial charge is 0.393 e. The summed E-state index contributed by atoms with van der Waals surface area (Å²) in [6, 6.07) is 17.5. The number of allylic oxidation sites excluding steroid dienone is 4. The molecule has 1 aromatic carbocycles. The van der Waals surface area contributed by atoms with Gasteiger partial charge in [-0.05, 0) is 111 Å². The fourth-order valence-corrected chi connectivity index (χ4v) is 12.8. The normalized spacial score (nSPS) is 37.2. The van der Waals surface area contributed by atoms with Gasteiger partial charge in [0.1, 0.15) is 0 Å². The molecule has 258 valence electrons. The molecule has 2 aromatic heterocycles. The Morgan fingerprint density at radius 3 is 2.43 bits per heavy atom. The van der Waals surface area contributed by atoms with Crippen LogP contribution in [0.1, 0.15) is 78.2 Å². The molecule has 2 spiro atoms. The summed E-state index contributed by atoms with van der Waals surface area (Å²) in [6.07, 6.45) is 12.8. The Balaban J connectivity index is 1.17. The van der Waals surface area contributed by atoms with E-state index in [9.17, 15) is 19.8 Å². The minimum Gasteiger partial charge on any atom is -0.393 e. The number of carbonyl (C=O) groups excluding carboxylic acids is 2. The predicted molar refractivity (Wildman–Crippen MR) is 197 cm³/mol. The lowest BCUT2D eigenvalue weighted by molar-refractivity contribution is -0.174. The molecule has 0 radical (unpaired) electrons. The van der Waals surface area contributed by atoms with Crippen molar-refractivity contribution in [3.05, 3.63) is 98.4 Å². The first-order valence-corrected chi connectivity index (χ1v) is 19.7. The topological polar surface area (TPSA) is 89.9 Å². The molecule has 6 nitrogen and oxygen atoms in total. The summed E-state index contributed by atoms with van der Waals surface area (Å²) in [7, 11) is 0. The van der Waals surface area contributed by atoms with Crippen LogP contribution in [0.25, 0.3) is 0 Å². The van der Waals surface area contributed by atoms with Gasteiger partial charge in [0.05, 0.1) is 23.1 Å². The van der Waals surface area contributed by atoms with Crippen molar-refractivity contribution in [2.24, 2.45) is 33.5 Å². The fraction of sp³-hybridized carbons (Fsp3) is 0.512. The van der Waals surface area contributed by atoms with Crippen LogP contribution in [0, 0.1) is 40.4 Å². The molecule has 0 saturated heterocycles. The molecular formula is C41H48N2O4S2. The van der Waals surface area contributed by atoms with Crippen LogP contribution in [0.4, 0.5) is 10.5 Å². The molecule has 2 amide bonds. The van der Waals surface area contributed by atoms with Crippen LogP contribution in [-0.4, -0.2) is 51.7 Å². The Morgan fingerprint density at radius 2 is 1.69 bits per heavy atom. The number of thiophene rings is 2. The molecule has 6 aliphatic carbocycles. The first-order valence-electron chi connectivity index (χ1n) is 18.0. The third kappa shape index (κ3) is 4.91. The third-order valence-corrected chi connectivity index (χ3v) is 15.8. The average molecular weight is 697 g/mol. The number of hydrogen-bond acceptors (Lipinski definition) is 6. The molecule has 8 unspecified atom stereocenters. The molecule has 3 fully saturated rings. The van der Waals surface area contributed by atoms with Crippen LogP contribution < -0.4 is 5.32 Å². The highest BCUT2D eigenvalue weighted by Gasteiger charge is 2.74. The van der Waals surface area contributed by atoms with E-state index in [2.05, 4.69) is 48.8 Å². The van der Waals surface area contributed by atoms with Gasteiger partial charge in [-0.15, -0.1) is 22.7 Å². The lowest BCUT2D eigenvalue weighted by atomic mass is 9.32. The van der Waals surface area contributed by atoms with Gasteiger partial charge in [0, 0.05) is 43.8 Å². The van der Waals surface area contributed by atoms with Crippen LogP contribution >= 0.6 is 22.7 Å². The predicted octanol–water partition coefficient (Wildman–Crippen LogP) is 8.67. The first kappa shape index (κ1) is 33.1. The van der Waals surface area contributed by atoms with Gasteiger partial charge >= 0.3 is 6.03 Å². The monoisotopic (exact) mass is 696 g/mol. The fourth-order valence-electron chi connectivity index (χ4n) is 11.3. The molecular weight excluding hydrogens is 649 g/mol. The number of benzene rings is 1. The van der Waals surface area contributed by atoms with Crippen LogP contribution in [0.5, 0.6) is 0 Å². The molecule has 3 N–H and O–H groups in total. The van der Waals surface area contributed by atoms with Crippen molar-refractivity contribution in [1.29, 1.82) is 0 Å². The Kier molecular flexibility index (Phi) is 7.95. The van der Waals surface area contributed by atoms with E-state index in [-0.39, 0.29) is 47.1 Å². The number of fused-ring (bicyclic) bond motifs is 1. The van der Waals surface area contributed by atoms with E-state index >= 15 is 0 Å². The van der Waals surface area contributed by atoms with E-state index in [0.29, 0.717) is 19.4 Å². The zero-order valence-corrected chi connectivity index (χ0v) is 30.4. The second kappa shape index (κ2) is 11.8. The van der Waals surface area contributed by atoms with Crippen molar-refractivity contribution in [1.82, 2.24) is 4.90 Å². The van der Waals surface area contributed by atoms with E-state index < -0.39 is 16.4 Å². The van der Waals surface area contributed by atoms with E-state index in [1.807, 2.05) is 60.4 Å². The van der Waals surface area contributed by atoms with Gasteiger partial charge < -0.3 is 20.4 Å². The molecule has 8 atom stereocenters. The highest BCUT2D eigenvalue weighted by molar-refractivity contribution is 7.14. The highest BCUT2D eigenvalue weighted by Crippen LogP contribution is 2.78. The Bertz CT molecular complexity index is 1820. The summed E-state index contributed by atoms with van der Waals surface area (Å²) in [6.45, 7) is 7.44. The van der Waals surface area contributed by atoms with Crippen molar-refractivity contribution in [2.45, 2.75) is 83.8 Å². The standard InChI is InChI=1S/C41H48N2O4S2/c1-27-11-12-32(49-27)35(45)31-25-39-20-21-41(31)33(37(39,2)17-13-29(44)24-39)14-18-38(3)34(41)15-19-40(38,47)26-43(22-16-30-10-7-23-48-30)36(46)42-28-8-5-4-6-9-28/h4-12,20-21,23,25,29,33-34,44,47H,13-19,22,24,26H2,1-3H3,(H,42,46). The number of aliphatic hydroxyl groups excluding tert-OH is 1. The van der Waals surface area contributed by atoms with Crippen LogP contribution in [-0.2, 0) is 6.42 Å². The summed E-state index contributed by atoms with van der Waals surface area (Å²) >= 11 is 3.25. The average Bonchev–Trinajstić information content (AvgIpc) is 3.83. The van der Waals surface area contributed by atoms with Gasteiger partial charge in [0.25, 0.3) is 0 Å². The van der Waals surface area contributed by atoms with Gasteiger partial charge in [-0.25, -0.2) is 4.79 Å². The number of anilines is 1. The molecule has 49 heavy (non-hydrogen) atoms. The number of aryl methyl sites for hydroxylation is 1. The Hall–Kier alpha value is -3.04. The number of rotatable bonds is 8. The van der Waals surface area contributed by atoms with Gasteiger partial charge in [0.2, 0.25) is 0 Å². The lowest BCUT2D eigenvalue weighted by Gasteiger charge is -2.71. The van der Waals surface area contributed by atoms with Gasteiger partial charge in [-0.2, -0.15) is 0 Å². The number of ketones is 1. The molecule has 8 heteroatoms.